The minimum Gasteiger partial charge on any atom is -0.362 e. The zero-order chi connectivity index (χ0) is 16.4. The van der Waals surface area contributed by atoms with Crippen LogP contribution in [0.15, 0.2) is 47.7 Å². The summed E-state index contributed by atoms with van der Waals surface area (Å²) in [4.78, 5) is 19.2. The molecule has 7 heteroatoms. The molecule has 0 spiro atoms. The molecule has 2 heterocycles. The number of rotatable bonds is 3. The largest absolute Gasteiger partial charge is 0.362 e. The monoisotopic (exact) mass is 327 g/mol. The van der Waals surface area contributed by atoms with Gasteiger partial charge in [0.25, 0.3) is 5.91 Å². The maximum absolute atomic E-state index is 12.4. The molecule has 0 aliphatic carbocycles. The lowest BCUT2D eigenvalue weighted by Crippen LogP contribution is -2.25. The maximum atomic E-state index is 12.4. The van der Waals surface area contributed by atoms with Crippen LogP contribution in [0.3, 0.4) is 0 Å². The Balaban J connectivity index is 1.93. The first-order valence-electron chi connectivity index (χ1n) is 7.09. The van der Waals surface area contributed by atoms with Gasteiger partial charge in [0.15, 0.2) is 0 Å². The number of anilines is 1. The van der Waals surface area contributed by atoms with Crippen molar-refractivity contribution in [1.29, 1.82) is 0 Å². The van der Waals surface area contributed by atoms with Crippen molar-refractivity contribution < 1.29 is 4.79 Å². The summed E-state index contributed by atoms with van der Waals surface area (Å²) in [5.74, 6) is 0.333. The zero-order valence-corrected chi connectivity index (χ0v) is 14.0. The minimum atomic E-state index is -0.278. The number of fused-ring (bicyclic) bond motifs is 1. The number of thiazole rings is 1. The molecule has 118 valence electrons. The molecule has 0 fully saturated rings. The maximum Gasteiger partial charge on any atom is 0.275 e. The summed E-state index contributed by atoms with van der Waals surface area (Å²) < 4.78 is 3.08. The number of aromatic nitrogens is 2. The second-order valence-corrected chi connectivity index (χ2v) is 6.24. The molecule has 0 saturated carbocycles. The lowest BCUT2D eigenvalue weighted by molar-refractivity contribution is 0.0953. The minimum absolute atomic E-state index is 0.278. The van der Waals surface area contributed by atoms with Gasteiger partial charge in [0.2, 0.25) is 4.80 Å². The highest BCUT2D eigenvalue weighted by atomic mass is 32.1. The normalized spacial score (nSPS) is 11.7. The van der Waals surface area contributed by atoms with Crippen LogP contribution in [-0.2, 0) is 7.05 Å². The van der Waals surface area contributed by atoms with Crippen molar-refractivity contribution in [2.45, 2.75) is 0 Å². The van der Waals surface area contributed by atoms with Crippen LogP contribution >= 0.6 is 11.3 Å². The molecule has 0 bridgehead atoms. The van der Waals surface area contributed by atoms with Gasteiger partial charge in [-0.1, -0.05) is 23.5 Å². The molecule has 23 heavy (non-hydrogen) atoms. The molecule has 3 rings (SSSR count). The lowest BCUT2D eigenvalue weighted by Gasteiger charge is -2.14. The van der Waals surface area contributed by atoms with E-state index in [-0.39, 0.29) is 5.91 Å². The highest BCUT2D eigenvalue weighted by molar-refractivity contribution is 7.16. The van der Waals surface area contributed by atoms with Crippen LogP contribution in [0.25, 0.3) is 10.2 Å². The van der Waals surface area contributed by atoms with Gasteiger partial charge in [-0.25, -0.2) is 10.4 Å². The van der Waals surface area contributed by atoms with Crippen LogP contribution in [-0.4, -0.2) is 29.6 Å². The Morgan fingerprint density at radius 3 is 2.78 bits per heavy atom. The van der Waals surface area contributed by atoms with Crippen molar-refractivity contribution in [3.05, 3.63) is 53.0 Å². The van der Waals surface area contributed by atoms with Crippen molar-refractivity contribution in [2.24, 2.45) is 12.1 Å². The van der Waals surface area contributed by atoms with Gasteiger partial charge in [-0.05, 0) is 24.3 Å². The Kier molecular flexibility index (Phi) is 4.12. The third-order valence-corrected chi connectivity index (χ3v) is 4.54. The summed E-state index contributed by atoms with van der Waals surface area (Å²) in [6, 6.07) is 11.5. The van der Waals surface area contributed by atoms with Gasteiger partial charge < -0.3 is 9.47 Å². The van der Waals surface area contributed by atoms with E-state index in [9.17, 15) is 4.79 Å². The van der Waals surface area contributed by atoms with E-state index in [0.29, 0.717) is 11.4 Å². The predicted molar refractivity (Wildman–Crippen MR) is 92.4 cm³/mol. The molecule has 0 unspecified atom stereocenters. The van der Waals surface area contributed by atoms with E-state index in [1.54, 1.807) is 23.2 Å². The number of aryl methyl sites for hydroxylation is 1. The number of amides is 1. The molecule has 0 aliphatic rings. The average Bonchev–Trinajstić information content (AvgIpc) is 2.89. The molecule has 1 aromatic carbocycles. The molecule has 3 aromatic rings. The Morgan fingerprint density at radius 1 is 1.26 bits per heavy atom. The number of nitrogens with one attached hydrogen (secondary N) is 1. The van der Waals surface area contributed by atoms with Crippen LogP contribution in [0.1, 0.15) is 10.4 Å². The van der Waals surface area contributed by atoms with Gasteiger partial charge in [-0.3, -0.25) is 4.79 Å². The fourth-order valence-electron chi connectivity index (χ4n) is 2.28. The summed E-state index contributed by atoms with van der Waals surface area (Å²) in [6.07, 6.45) is 1.66. The van der Waals surface area contributed by atoms with E-state index in [1.807, 2.05) is 50.0 Å². The number of hydrogen-bond acceptors (Lipinski definition) is 5. The van der Waals surface area contributed by atoms with Crippen molar-refractivity contribution in [2.75, 3.05) is 19.0 Å². The third-order valence-electron chi connectivity index (χ3n) is 3.42. The van der Waals surface area contributed by atoms with E-state index in [0.717, 1.165) is 15.0 Å². The number of pyridine rings is 1. The second kappa shape index (κ2) is 6.21. The highest BCUT2D eigenvalue weighted by Crippen LogP contribution is 2.16. The number of hydrogen-bond donors (Lipinski definition) is 1. The van der Waals surface area contributed by atoms with Crippen LogP contribution in [0.4, 0.5) is 5.82 Å². The van der Waals surface area contributed by atoms with E-state index in [1.165, 1.54) is 11.3 Å². The summed E-state index contributed by atoms with van der Waals surface area (Å²) >= 11 is 1.53. The van der Waals surface area contributed by atoms with E-state index < -0.39 is 0 Å². The van der Waals surface area contributed by atoms with Gasteiger partial charge >= 0.3 is 0 Å². The predicted octanol–water partition coefficient (Wildman–Crippen LogP) is 1.95. The number of carbonyl (C=O) groups excluding carboxylic acids is 1. The van der Waals surface area contributed by atoms with E-state index in [2.05, 4.69) is 15.5 Å². The van der Waals surface area contributed by atoms with Gasteiger partial charge in [0.05, 0.1) is 15.8 Å². The van der Waals surface area contributed by atoms with Crippen molar-refractivity contribution in [3.63, 3.8) is 0 Å². The summed E-state index contributed by atoms with van der Waals surface area (Å²) in [7, 11) is 5.63. The quantitative estimate of drug-likeness (QED) is 0.748. The lowest BCUT2D eigenvalue weighted by atomic mass is 10.2. The molecule has 0 radical (unpaired) electrons. The molecule has 1 amide bonds. The molecule has 6 nitrogen and oxygen atoms in total. The molecule has 2 aromatic heterocycles. The first-order chi connectivity index (χ1) is 11.1. The topological polar surface area (TPSA) is 62.5 Å². The molecule has 0 aliphatic heterocycles. The van der Waals surface area contributed by atoms with E-state index in [4.69, 9.17) is 0 Å². The third kappa shape index (κ3) is 2.95. The van der Waals surface area contributed by atoms with Gasteiger partial charge in [-0.2, -0.15) is 0 Å². The number of carbonyl (C=O) groups is 1. The standard InChI is InChI=1S/C16H17N5OS/c1-20(2)14-11(7-6-10-17-14)15(22)18-19-16-21(3)12-8-4-5-9-13(12)23-16/h4-10H,1-3H3,(H,18,22)/b19-16+. The number of nitrogens with zero attached hydrogens (tertiary/aromatic N) is 4. The number of para-hydroxylation sites is 1. The van der Waals surface area contributed by atoms with Crippen molar-refractivity contribution in [3.8, 4) is 0 Å². The molecular formula is C16H17N5OS. The Bertz CT molecular complexity index is 925. The SMILES string of the molecule is CN(C)c1ncccc1C(=O)N/N=c1/sc2ccccc2n1C. The van der Waals surface area contributed by atoms with Gasteiger partial charge in [0.1, 0.15) is 5.82 Å². The first kappa shape index (κ1) is 15.2. The van der Waals surface area contributed by atoms with Crippen molar-refractivity contribution >= 4 is 33.3 Å². The van der Waals surface area contributed by atoms with Gasteiger partial charge in [0, 0.05) is 27.3 Å². The van der Waals surface area contributed by atoms with Gasteiger partial charge in [-0.15, -0.1) is 5.10 Å². The fraction of sp³-hybridized carbons (Fsp3) is 0.188. The summed E-state index contributed by atoms with van der Waals surface area (Å²) in [6.45, 7) is 0. The Hall–Kier alpha value is -2.67. The first-order valence-corrected chi connectivity index (χ1v) is 7.90. The molecule has 0 atom stereocenters. The Morgan fingerprint density at radius 2 is 2.04 bits per heavy atom. The van der Waals surface area contributed by atoms with Crippen LogP contribution in [0.5, 0.6) is 0 Å². The molecule has 1 N–H and O–H groups in total. The Labute approximate surface area is 137 Å². The summed E-state index contributed by atoms with van der Waals surface area (Å²) in [5.41, 5.74) is 4.20. The van der Waals surface area contributed by atoms with Crippen LogP contribution in [0.2, 0.25) is 0 Å². The molecule has 0 saturated heterocycles. The second-order valence-electron chi connectivity index (χ2n) is 5.23. The molecular weight excluding hydrogens is 310 g/mol. The van der Waals surface area contributed by atoms with Crippen molar-refractivity contribution in [1.82, 2.24) is 15.0 Å². The fourth-order valence-corrected chi connectivity index (χ4v) is 3.26. The average molecular weight is 327 g/mol. The van der Waals surface area contributed by atoms with E-state index >= 15 is 0 Å². The zero-order valence-electron chi connectivity index (χ0n) is 13.1. The van der Waals surface area contributed by atoms with Crippen LogP contribution in [0, 0.1) is 0 Å². The van der Waals surface area contributed by atoms with Crippen LogP contribution < -0.4 is 15.1 Å². The smallest absolute Gasteiger partial charge is 0.275 e. The highest BCUT2D eigenvalue weighted by Gasteiger charge is 2.13. The number of benzene rings is 1. The summed E-state index contributed by atoms with van der Waals surface area (Å²) in [5, 5.41) is 4.26.